The fourth-order valence-electron chi connectivity index (χ4n) is 3.46. The number of ether oxygens (including phenoxy) is 2. The number of carbonyl (C=O) groups is 1. The van der Waals surface area contributed by atoms with Gasteiger partial charge in [0.05, 0.1) is 25.8 Å². The predicted molar refractivity (Wildman–Crippen MR) is 120 cm³/mol. The quantitative estimate of drug-likeness (QED) is 0.467. The van der Waals surface area contributed by atoms with Crippen LogP contribution in [0.1, 0.15) is 44.7 Å². The Morgan fingerprint density at radius 1 is 1.20 bits per heavy atom. The predicted octanol–water partition coefficient (Wildman–Crippen LogP) is 2.65. The molecule has 2 rings (SSSR count). The molecule has 1 aromatic carbocycles. The van der Waals surface area contributed by atoms with Gasteiger partial charge in [-0.05, 0) is 44.7 Å². The van der Waals surface area contributed by atoms with Gasteiger partial charge in [0.2, 0.25) is 5.91 Å². The summed E-state index contributed by atoms with van der Waals surface area (Å²) < 4.78 is 11.4. The van der Waals surface area contributed by atoms with Crippen molar-refractivity contribution < 1.29 is 14.3 Å². The van der Waals surface area contributed by atoms with Crippen LogP contribution in [0.25, 0.3) is 0 Å². The lowest BCUT2D eigenvalue weighted by atomic mass is 10.1. The van der Waals surface area contributed by atoms with Gasteiger partial charge < -0.3 is 24.6 Å². The zero-order valence-corrected chi connectivity index (χ0v) is 19.0. The molecule has 0 aliphatic carbocycles. The van der Waals surface area contributed by atoms with Crippen LogP contribution in [0.15, 0.2) is 29.3 Å². The van der Waals surface area contributed by atoms with Crippen molar-refractivity contribution in [3.63, 3.8) is 0 Å². The van der Waals surface area contributed by atoms with Gasteiger partial charge in [-0.2, -0.15) is 0 Å². The van der Waals surface area contributed by atoms with E-state index < -0.39 is 0 Å². The summed E-state index contributed by atoms with van der Waals surface area (Å²) in [5.74, 6) is 0.849. The number of hydrogen-bond donors (Lipinski definition) is 1. The molecule has 1 saturated heterocycles. The lowest BCUT2D eigenvalue weighted by molar-refractivity contribution is -0.131. The maximum atomic E-state index is 12.4. The average molecular weight is 419 g/mol. The van der Waals surface area contributed by atoms with Crippen LogP contribution in [-0.2, 0) is 27.4 Å². The Hall–Kier alpha value is -2.12. The van der Waals surface area contributed by atoms with Crippen molar-refractivity contribution in [3.05, 3.63) is 35.4 Å². The van der Waals surface area contributed by atoms with Crippen LogP contribution >= 0.6 is 0 Å². The minimum atomic E-state index is 0.111. The molecule has 1 aliphatic rings. The zero-order chi connectivity index (χ0) is 21.8. The fraction of sp³-hybridized carbons (Fsp3) is 0.652. The highest BCUT2D eigenvalue weighted by atomic mass is 16.5. The summed E-state index contributed by atoms with van der Waals surface area (Å²) in [5.41, 5.74) is 2.28. The van der Waals surface area contributed by atoms with E-state index in [1.54, 1.807) is 0 Å². The Balaban J connectivity index is 1.95. The van der Waals surface area contributed by atoms with Crippen molar-refractivity contribution >= 4 is 11.9 Å². The highest BCUT2D eigenvalue weighted by Crippen LogP contribution is 2.14. The SMILES string of the molecule is CCNC(=NCc1cccc(COC2CCOCC2)c1)N(C)CC(=O)N(CC)CC. The van der Waals surface area contributed by atoms with E-state index >= 15 is 0 Å². The second-order valence-electron chi connectivity index (χ2n) is 7.53. The standard InChI is InChI=1S/C23H38N4O3/c1-5-24-23(26(4)17-22(28)27(6-2)7-3)25-16-19-9-8-10-20(15-19)18-30-21-11-13-29-14-12-21/h8-10,15,21H,5-7,11-14,16-18H2,1-4H3,(H,24,25). The highest BCUT2D eigenvalue weighted by Gasteiger charge is 2.16. The van der Waals surface area contributed by atoms with Gasteiger partial charge in [0.25, 0.3) is 0 Å². The molecule has 0 radical (unpaired) electrons. The summed E-state index contributed by atoms with van der Waals surface area (Å²) in [6.45, 7) is 11.3. The van der Waals surface area contributed by atoms with Gasteiger partial charge in [-0.15, -0.1) is 0 Å². The number of nitrogens with zero attached hydrogens (tertiary/aromatic N) is 3. The Kier molecular flexibility index (Phi) is 10.7. The number of likely N-dealkylation sites (N-methyl/N-ethyl adjacent to an activating group) is 2. The maximum absolute atomic E-state index is 12.4. The number of guanidine groups is 1. The van der Waals surface area contributed by atoms with Gasteiger partial charge >= 0.3 is 0 Å². The zero-order valence-electron chi connectivity index (χ0n) is 19.0. The van der Waals surface area contributed by atoms with E-state index in [0.29, 0.717) is 19.7 Å². The van der Waals surface area contributed by atoms with E-state index in [2.05, 4.69) is 23.5 Å². The molecule has 0 saturated carbocycles. The van der Waals surface area contributed by atoms with Crippen molar-refractivity contribution in [1.29, 1.82) is 0 Å². The second-order valence-corrected chi connectivity index (χ2v) is 7.53. The van der Waals surface area contributed by atoms with E-state index in [0.717, 1.165) is 62.8 Å². The molecular weight excluding hydrogens is 380 g/mol. The fourth-order valence-corrected chi connectivity index (χ4v) is 3.46. The van der Waals surface area contributed by atoms with Crippen molar-refractivity contribution in [2.24, 2.45) is 4.99 Å². The molecule has 7 nitrogen and oxygen atoms in total. The number of nitrogens with one attached hydrogen (secondary N) is 1. The van der Waals surface area contributed by atoms with Crippen LogP contribution in [-0.4, -0.2) is 74.2 Å². The van der Waals surface area contributed by atoms with Gasteiger partial charge in [0.15, 0.2) is 5.96 Å². The van der Waals surface area contributed by atoms with Gasteiger partial charge in [-0.1, -0.05) is 24.3 Å². The van der Waals surface area contributed by atoms with Gasteiger partial charge in [-0.25, -0.2) is 4.99 Å². The first-order valence-electron chi connectivity index (χ1n) is 11.1. The third kappa shape index (κ3) is 7.95. The van der Waals surface area contributed by atoms with Crippen LogP contribution in [0.5, 0.6) is 0 Å². The van der Waals surface area contributed by atoms with E-state index in [1.165, 1.54) is 0 Å². The minimum Gasteiger partial charge on any atom is -0.381 e. The number of rotatable bonds is 10. The molecule has 0 spiro atoms. The van der Waals surface area contributed by atoms with Crippen LogP contribution in [0.4, 0.5) is 0 Å². The highest BCUT2D eigenvalue weighted by molar-refractivity contribution is 5.86. The summed E-state index contributed by atoms with van der Waals surface area (Å²) in [6.07, 6.45) is 2.22. The first-order chi connectivity index (χ1) is 14.6. The van der Waals surface area contributed by atoms with Crippen molar-refractivity contribution in [1.82, 2.24) is 15.1 Å². The molecule has 1 N–H and O–H groups in total. The summed E-state index contributed by atoms with van der Waals surface area (Å²) in [4.78, 5) is 20.9. The number of carbonyl (C=O) groups excluding carboxylic acids is 1. The third-order valence-electron chi connectivity index (χ3n) is 5.24. The molecule has 1 heterocycles. The summed E-state index contributed by atoms with van der Waals surface area (Å²) in [7, 11) is 1.90. The van der Waals surface area contributed by atoms with E-state index in [-0.39, 0.29) is 12.0 Å². The molecule has 1 aliphatic heterocycles. The van der Waals surface area contributed by atoms with Gasteiger partial charge in [-0.3, -0.25) is 4.79 Å². The Morgan fingerprint density at radius 2 is 1.90 bits per heavy atom. The molecule has 30 heavy (non-hydrogen) atoms. The molecule has 168 valence electrons. The lowest BCUT2D eigenvalue weighted by Gasteiger charge is -2.25. The Morgan fingerprint density at radius 3 is 2.57 bits per heavy atom. The van der Waals surface area contributed by atoms with Gasteiger partial charge in [0, 0.05) is 39.9 Å². The average Bonchev–Trinajstić information content (AvgIpc) is 2.77. The van der Waals surface area contributed by atoms with Crippen LogP contribution in [0, 0.1) is 0 Å². The smallest absolute Gasteiger partial charge is 0.242 e. The molecule has 0 bridgehead atoms. The Labute approximate surface area is 181 Å². The van der Waals surface area contributed by atoms with E-state index in [9.17, 15) is 4.79 Å². The molecule has 1 fully saturated rings. The second kappa shape index (κ2) is 13.2. The van der Waals surface area contributed by atoms with Gasteiger partial charge in [0.1, 0.15) is 0 Å². The van der Waals surface area contributed by atoms with Crippen LogP contribution in [0.2, 0.25) is 0 Å². The van der Waals surface area contributed by atoms with Crippen molar-refractivity contribution in [2.45, 2.75) is 52.9 Å². The molecule has 0 aromatic heterocycles. The van der Waals surface area contributed by atoms with Crippen LogP contribution in [0.3, 0.4) is 0 Å². The largest absolute Gasteiger partial charge is 0.381 e. The van der Waals surface area contributed by atoms with E-state index in [1.807, 2.05) is 43.7 Å². The number of hydrogen-bond acceptors (Lipinski definition) is 4. The number of benzene rings is 1. The van der Waals surface area contributed by atoms with Crippen LogP contribution < -0.4 is 5.32 Å². The number of amides is 1. The molecule has 1 aromatic rings. The molecule has 0 unspecified atom stereocenters. The van der Waals surface area contributed by atoms with E-state index in [4.69, 9.17) is 14.5 Å². The Bertz CT molecular complexity index is 670. The summed E-state index contributed by atoms with van der Waals surface area (Å²) >= 11 is 0. The van der Waals surface area contributed by atoms with Crippen molar-refractivity contribution in [3.8, 4) is 0 Å². The molecule has 1 amide bonds. The number of aliphatic imine (C=N–C) groups is 1. The van der Waals surface area contributed by atoms with Crippen molar-refractivity contribution in [2.75, 3.05) is 46.4 Å². The maximum Gasteiger partial charge on any atom is 0.242 e. The monoisotopic (exact) mass is 418 g/mol. The first kappa shape index (κ1) is 24.2. The molecular formula is C23H38N4O3. The topological polar surface area (TPSA) is 66.4 Å². The third-order valence-corrected chi connectivity index (χ3v) is 5.24. The minimum absolute atomic E-state index is 0.111. The lowest BCUT2D eigenvalue weighted by Crippen LogP contribution is -2.45. The summed E-state index contributed by atoms with van der Waals surface area (Å²) in [5, 5.41) is 3.28. The summed E-state index contributed by atoms with van der Waals surface area (Å²) in [6, 6.07) is 8.36. The first-order valence-corrected chi connectivity index (χ1v) is 11.1. The molecule has 0 atom stereocenters. The normalized spacial score (nSPS) is 15.1. The molecule has 7 heteroatoms.